The summed E-state index contributed by atoms with van der Waals surface area (Å²) in [6.07, 6.45) is 7.07. The largest absolute Gasteiger partial charge is 0.494 e. The third kappa shape index (κ3) is 3.82. The van der Waals surface area contributed by atoms with Crippen molar-refractivity contribution in [2.75, 3.05) is 34.3 Å². The maximum Gasteiger partial charge on any atom is 0.252 e. The van der Waals surface area contributed by atoms with Gasteiger partial charge in [0.25, 0.3) is 5.91 Å². The summed E-state index contributed by atoms with van der Waals surface area (Å²) in [5, 5.41) is 11.1. The number of rotatable bonds is 4. The highest BCUT2D eigenvalue weighted by atomic mass is 31.1. The number of amides is 1. The van der Waals surface area contributed by atoms with Crippen molar-refractivity contribution in [1.29, 1.82) is 0 Å². The highest BCUT2D eigenvalue weighted by Gasteiger charge is 2.35. The minimum absolute atomic E-state index is 0.0671. The van der Waals surface area contributed by atoms with Crippen LogP contribution in [0.1, 0.15) is 5.56 Å². The van der Waals surface area contributed by atoms with E-state index in [1.54, 1.807) is 23.1 Å². The molecule has 4 rings (SSSR count). The molecule has 1 N–H and O–H groups in total. The first-order valence-electron chi connectivity index (χ1n) is 9.51. The number of benzene rings is 1. The zero-order chi connectivity index (χ0) is 20.7. The topological polar surface area (TPSA) is 56.3 Å². The smallest absolute Gasteiger partial charge is 0.252 e. The van der Waals surface area contributed by atoms with Crippen LogP contribution >= 0.6 is 8.58 Å². The minimum Gasteiger partial charge on any atom is -0.494 e. The van der Waals surface area contributed by atoms with Gasteiger partial charge in [0.2, 0.25) is 0 Å². The first-order valence-corrected chi connectivity index (χ1v) is 10.6. The van der Waals surface area contributed by atoms with E-state index >= 15 is 0 Å². The van der Waals surface area contributed by atoms with Crippen LogP contribution in [0.2, 0.25) is 0 Å². The fourth-order valence-corrected chi connectivity index (χ4v) is 5.32. The first kappa shape index (κ1) is 20.1. The van der Waals surface area contributed by atoms with Crippen molar-refractivity contribution in [3.05, 3.63) is 59.7 Å². The molecule has 2 unspecified atom stereocenters. The fourth-order valence-electron chi connectivity index (χ4n) is 3.94. The maximum atomic E-state index is 14.1. The number of hydrogen-bond acceptors (Lipinski definition) is 5. The third-order valence-corrected chi connectivity index (χ3v) is 7.11. The number of likely N-dealkylation sites (tertiary alicyclic amines) is 1. The molecule has 1 aromatic carbocycles. The monoisotopic (exact) mass is 417 g/mol. The molecule has 3 heterocycles. The van der Waals surface area contributed by atoms with Crippen molar-refractivity contribution in [1.82, 2.24) is 14.7 Å². The number of methoxy groups -OCH3 is 1. The minimum atomic E-state index is -0.435. The number of carbonyl (C=O) groups is 1. The Morgan fingerprint density at radius 2 is 2.10 bits per heavy atom. The molecule has 3 aliphatic rings. The Morgan fingerprint density at radius 3 is 2.76 bits per heavy atom. The van der Waals surface area contributed by atoms with E-state index in [2.05, 4.69) is 4.90 Å². The molecule has 3 aliphatic heterocycles. The molecule has 0 radical (unpaired) electrons. The number of allylic oxidation sites excluding steroid dienone is 1. The molecule has 0 bridgehead atoms. The number of carbonyl (C=O) groups excluding carboxylic acids is 1. The summed E-state index contributed by atoms with van der Waals surface area (Å²) >= 11 is 0. The van der Waals surface area contributed by atoms with Gasteiger partial charge >= 0.3 is 0 Å². The van der Waals surface area contributed by atoms with E-state index in [9.17, 15) is 14.3 Å². The van der Waals surface area contributed by atoms with Gasteiger partial charge in [-0.3, -0.25) is 4.79 Å². The van der Waals surface area contributed by atoms with Gasteiger partial charge in [-0.1, -0.05) is 20.7 Å². The van der Waals surface area contributed by atoms with Gasteiger partial charge in [-0.25, -0.2) is 4.39 Å². The second-order valence-corrected chi connectivity index (χ2v) is 9.08. The zero-order valence-electron chi connectivity index (χ0n) is 16.7. The van der Waals surface area contributed by atoms with Crippen molar-refractivity contribution < 1.29 is 19.0 Å². The number of nitrogens with zero attached hydrogens (tertiary/aromatic N) is 3. The van der Waals surface area contributed by atoms with Crippen LogP contribution in [0.3, 0.4) is 0 Å². The first-order chi connectivity index (χ1) is 13.9. The molecule has 6 nitrogen and oxygen atoms in total. The summed E-state index contributed by atoms with van der Waals surface area (Å²) in [6.45, 7) is 1.26. The number of hydrogen-bond donors (Lipinski definition) is 1. The van der Waals surface area contributed by atoms with Crippen LogP contribution in [0.15, 0.2) is 48.3 Å². The number of ether oxygens (including phenoxy) is 1. The molecule has 0 aromatic heterocycles. The number of aliphatic hydroxyl groups excluding tert-OH is 1. The molecule has 154 valence electrons. The van der Waals surface area contributed by atoms with Gasteiger partial charge in [0.05, 0.1) is 30.7 Å². The van der Waals surface area contributed by atoms with Crippen molar-refractivity contribution >= 4 is 19.8 Å². The van der Waals surface area contributed by atoms with E-state index in [1.807, 2.05) is 37.3 Å². The number of likely N-dealkylation sites (N-methyl/N-ethyl adjacent to an activating group) is 1. The summed E-state index contributed by atoms with van der Waals surface area (Å²) in [6, 6.07) is 4.85. The Hall–Kier alpha value is -2.21. The predicted octanol–water partition coefficient (Wildman–Crippen LogP) is 2.04. The van der Waals surface area contributed by atoms with Crippen molar-refractivity contribution in [2.45, 2.75) is 17.9 Å². The molecular formula is C21H25FN3O3P. The number of halogens is 1. The van der Waals surface area contributed by atoms with E-state index in [1.165, 1.54) is 13.2 Å². The lowest BCUT2D eigenvalue weighted by atomic mass is 10.1. The highest BCUT2D eigenvalue weighted by molar-refractivity contribution is 7.51. The summed E-state index contributed by atoms with van der Waals surface area (Å²) in [4.78, 5) is 18.7. The normalized spacial score (nSPS) is 27.4. The van der Waals surface area contributed by atoms with Gasteiger partial charge in [0.1, 0.15) is 0 Å². The average molecular weight is 417 g/mol. The SMILES string of the molecule is COc1ccc(C2=CC(=O)N3C=C(N4C[C@@H](O)[C@H](N(C)C)C4)C=CC3P2)cc1F. The van der Waals surface area contributed by atoms with Crippen LogP contribution < -0.4 is 4.74 Å². The molecule has 8 heteroatoms. The molecule has 0 spiro atoms. The molecule has 1 saturated heterocycles. The van der Waals surface area contributed by atoms with Crippen LogP contribution in [0.5, 0.6) is 5.75 Å². The summed E-state index contributed by atoms with van der Waals surface area (Å²) in [7, 11) is 5.67. The second kappa shape index (κ2) is 7.90. The lowest BCUT2D eigenvalue weighted by molar-refractivity contribution is -0.123. The van der Waals surface area contributed by atoms with E-state index < -0.39 is 11.9 Å². The van der Waals surface area contributed by atoms with E-state index in [4.69, 9.17) is 4.74 Å². The Morgan fingerprint density at radius 1 is 1.31 bits per heavy atom. The predicted molar refractivity (Wildman–Crippen MR) is 112 cm³/mol. The molecule has 4 atom stereocenters. The van der Waals surface area contributed by atoms with Crippen LogP contribution in [-0.2, 0) is 4.79 Å². The van der Waals surface area contributed by atoms with Crippen LogP contribution in [0.25, 0.3) is 5.31 Å². The van der Waals surface area contributed by atoms with Crippen molar-refractivity contribution in [3.8, 4) is 5.75 Å². The van der Waals surface area contributed by atoms with E-state index in [0.29, 0.717) is 27.2 Å². The summed E-state index contributed by atoms with van der Waals surface area (Å²) < 4.78 is 19.1. The molecule has 1 fully saturated rings. The number of aliphatic hydroxyl groups is 1. The maximum absolute atomic E-state index is 14.1. The molecule has 1 aromatic rings. The standard InChI is InChI=1S/C21H25FN3O3P/c1-23(2)16-11-24(12-17(16)26)14-5-7-21-25(10-14)20(27)9-19(29-21)13-4-6-18(28-3)15(22)8-13/h4-10,16-17,21,26,29H,11-12H2,1-3H3/t16-,17-,21?/m1/s1. The number of β-amino-alcohol motifs (C(OH)–C–C–N with tert-alkyl or cyclic N) is 1. The molecule has 0 aliphatic carbocycles. The Bertz CT molecular complexity index is 914. The Kier molecular flexibility index (Phi) is 5.47. The van der Waals surface area contributed by atoms with Gasteiger partial charge in [-0.2, -0.15) is 0 Å². The molecule has 1 amide bonds. The number of fused-ring (bicyclic) bond motifs is 1. The van der Waals surface area contributed by atoms with Crippen LogP contribution in [-0.4, -0.2) is 77.9 Å². The molecule has 0 saturated carbocycles. The van der Waals surface area contributed by atoms with Gasteiger partial charge < -0.3 is 24.5 Å². The van der Waals surface area contributed by atoms with Gasteiger partial charge in [-0.15, -0.1) is 0 Å². The highest BCUT2D eigenvalue weighted by Crippen LogP contribution is 2.45. The quantitative estimate of drug-likeness (QED) is 0.760. The Labute approximate surface area is 171 Å². The second-order valence-electron chi connectivity index (χ2n) is 7.66. The van der Waals surface area contributed by atoms with Crippen molar-refractivity contribution in [2.24, 2.45) is 0 Å². The van der Waals surface area contributed by atoms with Crippen molar-refractivity contribution in [3.63, 3.8) is 0 Å². The lowest BCUT2D eigenvalue weighted by Gasteiger charge is -2.35. The molecule has 29 heavy (non-hydrogen) atoms. The lowest BCUT2D eigenvalue weighted by Crippen LogP contribution is -2.38. The van der Waals surface area contributed by atoms with Gasteiger partial charge in [0.15, 0.2) is 11.6 Å². The average Bonchev–Trinajstić information content (AvgIpc) is 3.09. The third-order valence-electron chi connectivity index (χ3n) is 5.60. The van der Waals surface area contributed by atoms with E-state index in [-0.39, 0.29) is 23.5 Å². The van der Waals surface area contributed by atoms with E-state index in [0.717, 1.165) is 11.0 Å². The van der Waals surface area contributed by atoms with Crippen LogP contribution in [0, 0.1) is 5.82 Å². The van der Waals surface area contributed by atoms with Gasteiger partial charge in [0, 0.05) is 25.4 Å². The fraction of sp³-hybridized carbons (Fsp3) is 0.381. The Balaban J connectivity index is 1.54. The zero-order valence-corrected chi connectivity index (χ0v) is 17.7. The summed E-state index contributed by atoms with van der Waals surface area (Å²) in [5.41, 5.74) is 1.63. The molecular weight excluding hydrogens is 392 g/mol. The van der Waals surface area contributed by atoms with Gasteiger partial charge in [-0.05, 0) is 43.2 Å². The van der Waals surface area contributed by atoms with Crippen LogP contribution in [0.4, 0.5) is 4.39 Å². The summed E-state index contributed by atoms with van der Waals surface area (Å²) in [5.74, 6) is -0.440.